The number of piperidine rings is 1. The Kier molecular flexibility index (Phi) is 5.67. The molecule has 0 aromatic heterocycles. The van der Waals surface area contributed by atoms with E-state index in [0.29, 0.717) is 18.9 Å². The van der Waals surface area contributed by atoms with Crippen LogP contribution in [0, 0.1) is 0 Å². The molecular formula is C20H28N2O2. The van der Waals surface area contributed by atoms with Gasteiger partial charge >= 0.3 is 0 Å². The third kappa shape index (κ3) is 4.04. The summed E-state index contributed by atoms with van der Waals surface area (Å²) in [5.74, 6) is 0.208. The standard InChI is InChI=1S/C20H28N2O2/c1-21-18-7-4-12-22(14-18)20(24)11-10-19(23)17-9-8-15-5-2-3-6-16(15)13-17/h8-9,13,18,21H,2-7,10-12,14H2,1H3. The minimum absolute atomic E-state index is 0.0962. The summed E-state index contributed by atoms with van der Waals surface area (Å²) in [7, 11) is 1.94. The molecule has 1 aliphatic heterocycles. The third-order valence-electron chi connectivity index (χ3n) is 5.42. The second kappa shape index (κ2) is 7.93. The highest BCUT2D eigenvalue weighted by Crippen LogP contribution is 2.23. The highest BCUT2D eigenvalue weighted by molar-refractivity contribution is 5.98. The Morgan fingerprint density at radius 2 is 1.92 bits per heavy atom. The monoisotopic (exact) mass is 328 g/mol. The van der Waals surface area contributed by atoms with E-state index in [1.165, 1.54) is 24.0 Å². The van der Waals surface area contributed by atoms with Gasteiger partial charge in [-0.25, -0.2) is 0 Å². The molecule has 1 fully saturated rings. The first kappa shape index (κ1) is 17.2. The van der Waals surface area contributed by atoms with Gasteiger partial charge < -0.3 is 10.2 Å². The zero-order chi connectivity index (χ0) is 16.9. The fraction of sp³-hybridized carbons (Fsp3) is 0.600. The first-order valence-corrected chi connectivity index (χ1v) is 9.27. The number of likely N-dealkylation sites (tertiary alicyclic amines) is 1. The maximum Gasteiger partial charge on any atom is 0.223 e. The zero-order valence-electron chi connectivity index (χ0n) is 14.6. The second-order valence-electron chi connectivity index (χ2n) is 7.08. The Hall–Kier alpha value is -1.68. The summed E-state index contributed by atoms with van der Waals surface area (Å²) in [6, 6.07) is 6.49. The van der Waals surface area contributed by atoms with Crippen molar-refractivity contribution in [3.8, 4) is 0 Å². The normalized spacial score (nSPS) is 20.5. The number of carbonyl (C=O) groups is 2. The molecule has 0 saturated carbocycles. The number of carbonyl (C=O) groups excluding carboxylic acids is 2. The molecule has 1 N–H and O–H groups in total. The van der Waals surface area contributed by atoms with Crippen LogP contribution in [0.25, 0.3) is 0 Å². The van der Waals surface area contributed by atoms with Crippen molar-refractivity contribution in [2.45, 2.75) is 57.4 Å². The van der Waals surface area contributed by atoms with E-state index in [9.17, 15) is 9.59 Å². The molecule has 4 nitrogen and oxygen atoms in total. The van der Waals surface area contributed by atoms with E-state index < -0.39 is 0 Å². The van der Waals surface area contributed by atoms with Crippen molar-refractivity contribution in [3.05, 3.63) is 34.9 Å². The smallest absolute Gasteiger partial charge is 0.223 e. The molecule has 1 aromatic carbocycles. The molecule has 0 spiro atoms. The van der Waals surface area contributed by atoms with Gasteiger partial charge in [-0.2, -0.15) is 0 Å². The van der Waals surface area contributed by atoms with Gasteiger partial charge in [-0.1, -0.05) is 12.1 Å². The number of fused-ring (bicyclic) bond motifs is 1. The Morgan fingerprint density at radius 1 is 1.12 bits per heavy atom. The Bertz CT molecular complexity index is 612. The lowest BCUT2D eigenvalue weighted by Crippen LogP contribution is -2.47. The quantitative estimate of drug-likeness (QED) is 0.846. The van der Waals surface area contributed by atoms with E-state index in [2.05, 4.69) is 17.4 Å². The fourth-order valence-corrected chi connectivity index (χ4v) is 3.87. The molecule has 1 amide bonds. The molecule has 0 radical (unpaired) electrons. The third-order valence-corrected chi connectivity index (χ3v) is 5.42. The van der Waals surface area contributed by atoms with Crippen LogP contribution in [0.1, 0.15) is 60.0 Å². The molecule has 2 aliphatic rings. The Morgan fingerprint density at radius 3 is 2.71 bits per heavy atom. The Balaban J connectivity index is 1.54. The van der Waals surface area contributed by atoms with Gasteiger partial charge in [0, 0.05) is 37.5 Å². The average Bonchev–Trinajstić information content (AvgIpc) is 2.65. The van der Waals surface area contributed by atoms with Gasteiger partial charge in [0.25, 0.3) is 0 Å². The molecule has 4 heteroatoms. The highest BCUT2D eigenvalue weighted by atomic mass is 16.2. The van der Waals surface area contributed by atoms with Crippen molar-refractivity contribution < 1.29 is 9.59 Å². The van der Waals surface area contributed by atoms with Crippen molar-refractivity contribution in [3.63, 3.8) is 0 Å². The molecule has 1 unspecified atom stereocenters. The van der Waals surface area contributed by atoms with Gasteiger partial charge in [-0.3, -0.25) is 9.59 Å². The van der Waals surface area contributed by atoms with Crippen molar-refractivity contribution >= 4 is 11.7 Å². The van der Waals surface area contributed by atoms with E-state index in [-0.39, 0.29) is 11.7 Å². The maximum atomic E-state index is 12.5. The Labute approximate surface area is 144 Å². The van der Waals surface area contributed by atoms with E-state index in [0.717, 1.165) is 44.3 Å². The van der Waals surface area contributed by atoms with E-state index in [1.54, 1.807) is 0 Å². The molecule has 130 valence electrons. The molecule has 0 bridgehead atoms. The van der Waals surface area contributed by atoms with Crippen LogP contribution in [0.3, 0.4) is 0 Å². The van der Waals surface area contributed by atoms with Crippen LogP contribution in [-0.2, 0) is 17.6 Å². The summed E-state index contributed by atoms with van der Waals surface area (Å²) in [5, 5.41) is 3.25. The van der Waals surface area contributed by atoms with Gasteiger partial charge in [0.2, 0.25) is 5.91 Å². The van der Waals surface area contributed by atoms with Crippen molar-refractivity contribution in [1.82, 2.24) is 10.2 Å². The van der Waals surface area contributed by atoms with E-state index in [1.807, 2.05) is 18.0 Å². The first-order valence-electron chi connectivity index (χ1n) is 9.27. The molecule has 1 heterocycles. The molecule has 24 heavy (non-hydrogen) atoms. The van der Waals surface area contributed by atoms with Crippen LogP contribution < -0.4 is 5.32 Å². The highest BCUT2D eigenvalue weighted by Gasteiger charge is 2.23. The predicted molar refractivity (Wildman–Crippen MR) is 95.3 cm³/mol. The lowest BCUT2D eigenvalue weighted by Gasteiger charge is -2.32. The summed E-state index contributed by atoms with van der Waals surface area (Å²) in [5.41, 5.74) is 3.49. The SMILES string of the molecule is CNC1CCCN(C(=O)CCC(=O)c2ccc3c(c2)CCCC3)C1. The number of nitrogens with one attached hydrogen (secondary N) is 1. The average molecular weight is 328 g/mol. The van der Waals surface area contributed by atoms with Gasteiger partial charge in [0.1, 0.15) is 0 Å². The summed E-state index contributed by atoms with van der Waals surface area (Å²) < 4.78 is 0. The van der Waals surface area contributed by atoms with Crippen LogP contribution in [0.4, 0.5) is 0 Å². The van der Waals surface area contributed by atoms with Crippen molar-refractivity contribution in [1.29, 1.82) is 0 Å². The fourth-order valence-electron chi connectivity index (χ4n) is 3.87. The van der Waals surface area contributed by atoms with Crippen LogP contribution in [0.15, 0.2) is 18.2 Å². The van der Waals surface area contributed by atoms with Gasteiger partial charge in [-0.15, -0.1) is 0 Å². The van der Waals surface area contributed by atoms with E-state index in [4.69, 9.17) is 0 Å². The summed E-state index contributed by atoms with van der Waals surface area (Å²) >= 11 is 0. The summed E-state index contributed by atoms with van der Waals surface area (Å²) in [4.78, 5) is 26.7. The molecule has 1 saturated heterocycles. The maximum absolute atomic E-state index is 12.5. The minimum Gasteiger partial charge on any atom is -0.341 e. The lowest BCUT2D eigenvalue weighted by molar-refractivity contribution is -0.132. The number of hydrogen-bond donors (Lipinski definition) is 1. The molecule has 1 atom stereocenters. The number of amides is 1. The second-order valence-corrected chi connectivity index (χ2v) is 7.08. The summed E-state index contributed by atoms with van der Waals surface area (Å²) in [6.45, 7) is 1.59. The molecular weight excluding hydrogens is 300 g/mol. The number of benzene rings is 1. The molecule has 1 aromatic rings. The predicted octanol–water partition coefficient (Wildman–Crippen LogP) is 2.74. The molecule has 3 rings (SSSR count). The number of Topliss-reactive ketones (excluding diaryl/α,β-unsaturated/α-hetero) is 1. The molecule has 1 aliphatic carbocycles. The van der Waals surface area contributed by atoms with Crippen molar-refractivity contribution in [2.75, 3.05) is 20.1 Å². The number of hydrogen-bond acceptors (Lipinski definition) is 3. The zero-order valence-corrected chi connectivity index (χ0v) is 14.6. The lowest BCUT2D eigenvalue weighted by atomic mass is 9.89. The van der Waals surface area contributed by atoms with Crippen molar-refractivity contribution in [2.24, 2.45) is 0 Å². The van der Waals surface area contributed by atoms with Gasteiger partial charge in [-0.05, 0) is 62.8 Å². The number of rotatable bonds is 5. The number of ketones is 1. The largest absolute Gasteiger partial charge is 0.341 e. The number of nitrogens with zero attached hydrogens (tertiary/aromatic N) is 1. The number of likely N-dealkylation sites (N-methyl/N-ethyl adjacent to an activating group) is 1. The van der Waals surface area contributed by atoms with Gasteiger partial charge in [0.05, 0.1) is 0 Å². The van der Waals surface area contributed by atoms with Gasteiger partial charge in [0.15, 0.2) is 5.78 Å². The van der Waals surface area contributed by atoms with Crippen LogP contribution in [0.5, 0.6) is 0 Å². The van der Waals surface area contributed by atoms with Crippen LogP contribution in [-0.4, -0.2) is 42.8 Å². The minimum atomic E-state index is 0.0962. The van der Waals surface area contributed by atoms with Crippen LogP contribution >= 0.6 is 0 Å². The first-order chi connectivity index (χ1) is 11.7. The van der Waals surface area contributed by atoms with E-state index >= 15 is 0 Å². The van der Waals surface area contributed by atoms with Crippen LogP contribution in [0.2, 0.25) is 0 Å². The summed E-state index contributed by atoms with van der Waals surface area (Å²) in [6.07, 6.45) is 7.47. The topological polar surface area (TPSA) is 49.4 Å². The number of aryl methyl sites for hydroxylation is 2.